The Hall–Kier alpha value is -3.51. The van der Waals surface area contributed by atoms with Crippen molar-refractivity contribution in [3.63, 3.8) is 0 Å². The van der Waals surface area contributed by atoms with Gasteiger partial charge in [-0.1, -0.05) is 30.0 Å². The number of para-hydroxylation sites is 1. The molecule has 0 N–H and O–H groups in total. The van der Waals surface area contributed by atoms with Gasteiger partial charge in [0.2, 0.25) is 5.95 Å². The largest absolute Gasteiger partial charge is 0.467 e. The molecule has 0 aliphatic carbocycles. The van der Waals surface area contributed by atoms with Gasteiger partial charge in [0.1, 0.15) is 11.8 Å². The van der Waals surface area contributed by atoms with E-state index >= 15 is 0 Å². The Kier molecular flexibility index (Phi) is 6.17. The van der Waals surface area contributed by atoms with Crippen molar-refractivity contribution >= 4 is 17.7 Å². The maximum Gasteiger partial charge on any atom is 0.228 e. The van der Waals surface area contributed by atoms with Gasteiger partial charge in [0.15, 0.2) is 5.16 Å². The van der Waals surface area contributed by atoms with Crippen LogP contribution in [0, 0.1) is 18.3 Å². The van der Waals surface area contributed by atoms with Crippen LogP contribution in [-0.4, -0.2) is 37.6 Å². The van der Waals surface area contributed by atoms with Gasteiger partial charge in [-0.05, 0) is 50.5 Å². The lowest BCUT2D eigenvalue weighted by Crippen LogP contribution is -2.32. The number of hydrogen-bond acceptors (Lipinski definition) is 7. The number of benzene rings is 1. The second-order valence-electron chi connectivity index (χ2n) is 8.05. The molecule has 3 aromatic heterocycles. The molecule has 5 rings (SSSR count). The maximum absolute atomic E-state index is 9.79. The van der Waals surface area contributed by atoms with Crippen LogP contribution < -0.4 is 4.90 Å². The SMILES string of the molecule is Cc1nn(-c2ccccc2)c(CSc2nnc(N3CCCCC3)n2Cc2ccco2)c1C#N. The molecule has 33 heavy (non-hydrogen) atoms. The van der Waals surface area contributed by atoms with E-state index in [4.69, 9.17) is 4.42 Å². The third-order valence-corrected chi connectivity index (χ3v) is 6.81. The highest BCUT2D eigenvalue weighted by molar-refractivity contribution is 7.98. The summed E-state index contributed by atoms with van der Waals surface area (Å²) in [5.74, 6) is 2.29. The van der Waals surface area contributed by atoms with Crippen LogP contribution in [-0.2, 0) is 12.3 Å². The van der Waals surface area contributed by atoms with Gasteiger partial charge < -0.3 is 9.32 Å². The van der Waals surface area contributed by atoms with Crippen LogP contribution in [0.25, 0.3) is 5.69 Å². The molecule has 9 heteroatoms. The summed E-state index contributed by atoms with van der Waals surface area (Å²) in [5.41, 5.74) is 3.13. The predicted molar refractivity (Wildman–Crippen MR) is 126 cm³/mol. The molecule has 1 saturated heterocycles. The molecule has 4 aromatic rings. The predicted octanol–water partition coefficient (Wildman–Crippen LogP) is 4.57. The Morgan fingerprint density at radius 1 is 1.06 bits per heavy atom. The van der Waals surface area contributed by atoms with E-state index < -0.39 is 0 Å². The van der Waals surface area contributed by atoms with Gasteiger partial charge >= 0.3 is 0 Å². The zero-order valence-corrected chi connectivity index (χ0v) is 19.3. The third-order valence-electron chi connectivity index (χ3n) is 5.84. The number of thioether (sulfide) groups is 1. The highest BCUT2D eigenvalue weighted by Crippen LogP contribution is 2.30. The van der Waals surface area contributed by atoms with E-state index in [1.165, 1.54) is 6.42 Å². The standard InChI is InChI=1S/C24H25N7OS/c1-18-21(15-25)22(31(28-18)19-9-4-2-5-10-19)17-33-24-27-26-23(29-12-6-3-7-13-29)30(24)16-20-11-8-14-32-20/h2,4-5,8-11,14H,3,6-7,12-13,16-17H2,1H3. The summed E-state index contributed by atoms with van der Waals surface area (Å²) < 4.78 is 9.61. The molecule has 0 radical (unpaired) electrons. The second-order valence-corrected chi connectivity index (χ2v) is 8.99. The number of rotatable bonds is 7. The zero-order chi connectivity index (χ0) is 22.6. The molecule has 0 bridgehead atoms. The number of anilines is 1. The quantitative estimate of drug-likeness (QED) is 0.374. The second kappa shape index (κ2) is 9.55. The first-order valence-electron chi connectivity index (χ1n) is 11.1. The van der Waals surface area contributed by atoms with Gasteiger partial charge in [-0.25, -0.2) is 4.68 Å². The number of nitrogens with zero attached hydrogens (tertiary/aromatic N) is 7. The number of nitriles is 1. The fraction of sp³-hybridized carbons (Fsp3) is 0.333. The van der Waals surface area contributed by atoms with Crippen molar-refractivity contribution in [2.45, 2.75) is 43.6 Å². The molecule has 1 aliphatic heterocycles. The van der Waals surface area contributed by atoms with E-state index in [2.05, 4.69) is 30.8 Å². The van der Waals surface area contributed by atoms with Crippen molar-refractivity contribution < 1.29 is 4.42 Å². The molecule has 0 saturated carbocycles. The molecule has 168 valence electrons. The molecule has 4 heterocycles. The van der Waals surface area contributed by atoms with E-state index in [1.807, 2.05) is 54.1 Å². The first kappa shape index (κ1) is 21.3. The Morgan fingerprint density at radius 3 is 2.61 bits per heavy atom. The van der Waals surface area contributed by atoms with Crippen LogP contribution in [0.15, 0.2) is 58.3 Å². The highest BCUT2D eigenvalue weighted by atomic mass is 32.2. The molecule has 8 nitrogen and oxygen atoms in total. The summed E-state index contributed by atoms with van der Waals surface area (Å²) >= 11 is 1.57. The maximum atomic E-state index is 9.79. The summed E-state index contributed by atoms with van der Waals surface area (Å²) in [7, 11) is 0. The van der Waals surface area contributed by atoms with Crippen molar-refractivity contribution in [3.8, 4) is 11.8 Å². The van der Waals surface area contributed by atoms with Gasteiger partial charge in [-0.3, -0.25) is 4.57 Å². The Balaban J connectivity index is 1.47. The number of piperidine rings is 1. The average molecular weight is 460 g/mol. The smallest absolute Gasteiger partial charge is 0.228 e. The van der Waals surface area contributed by atoms with Crippen LogP contribution in [0.1, 0.15) is 42.0 Å². The summed E-state index contributed by atoms with van der Waals surface area (Å²) in [6.45, 7) is 4.41. The van der Waals surface area contributed by atoms with Crippen molar-refractivity contribution in [1.29, 1.82) is 5.26 Å². The lowest BCUT2D eigenvalue weighted by molar-refractivity contribution is 0.479. The van der Waals surface area contributed by atoms with Gasteiger partial charge in [0, 0.05) is 18.8 Å². The molecule has 0 spiro atoms. The summed E-state index contributed by atoms with van der Waals surface area (Å²) in [4.78, 5) is 2.31. The zero-order valence-electron chi connectivity index (χ0n) is 18.5. The highest BCUT2D eigenvalue weighted by Gasteiger charge is 2.23. The van der Waals surface area contributed by atoms with Gasteiger partial charge in [-0.15, -0.1) is 10.2 Å². The normalized spacial score (nSPS) is 13.9. The first-order chi connectivity index (χ1) is 16.2. The van der Waals surface area contributed by atoms with Crippen LogP contribution in [0.2, 0.25) is 0 Å². The van der Waals surface area contributed by atoms with Crippen molar-refractivity contribution in [2.24, 2.45) is 0 Å². The summed E-state index contributed by atoms with van der Waals surface area (Å²) in [6.07, 6.45) is 5.27. The van der Waals surface area contributed by atoms with Gasteiger partial charge in [0.05, 0.1) is 35.4 Å². The van der Waals surface area contributed by atoms with Crippen molar-refractivity contribution in [2.75, 3.05) is 18.0 Å². The fourth-order valence-electron chi connectivity index (χ4n) is 4.18. The minimum atomic E-state index is 0.551. The van der Waals surface area contributed by atoms with Crippen LogP contribution in [0.5, 0.6) is 0 Å². The average Bonchev–Trinajstić information content (AvgIpc) is 3.58. The van der Waals surface area contributed by atoms with Crippen LogP contribution in [0.3, 0.4) is 0 Å². The number of aromatic nitrogens is 5. The lowest BCUT2D eigenvalue weighted by Gasteiger charge is -2.27. The first-order valence-corrected chi connectivity index (χ1v) is 12.1. The summed E-state index contributed by atoms with van der Waals surface area (Å²) in [5, 5.41) is 24.3. The van der Waals surface area contributed by atoms with Crippen LogP contribution >= 0.6 is 11.8 Å². The molecule has 0 unspecified atom stereocenters. The van der Waals surface area contributed by atoms with E-state index in [9.17, 15) is 5.26 Å². The molecule has 0 atom stereocenters. The fourth-order valence-corrected chi connectivity index (χ4v) is 5.11. The van der Waals surface area contributed by atoms with E-state index in [0.29, 0.717) is 17.9 Å². The molecule has 1 aliphatic rings. The van der Waals surface area contributed by atoms with Gasteiger partial charge in [-0.2, -0.15) is 10.4 Å². The van der Waals surface area contributed by atoms with Crippen molar-refractivity contribution in [1.82, 2.24) is 24.5 Å². The molecular formula is C24H25N7OS. The lowest BCUT2D eigenvalue weighted by atomic mass is 10.1. The Labute approximate surface area is 196 Å². The molecule has 1 aromatic carbocycles. The number of hydrogen-bond donors (Lipinski definition) is 0. The number of furan rings is 1. The summed E-state index contributed by atoms with van der Waals surface area (Å²) in [6, 6.07) is 16.1. The van der Waals surface area contributed by atoms with E-state index in [1.54, 1.807) is 18.0 Å². The minimum Gasteiger partial charge on any atom is -0.467 e. The monoisotopic (exact) mass is 459 g/mol. The third kappa shape index (κ3) is 4.39. The Bertz CT molecular complexity index is 1250. The topological polar surface area (TPSA) is 88.7 Å². The molecule has 1 fully saturated rings. The molecule has 0 amide bonds. The molecular weight excluding hydrogens is 434 g/mol. The van der Waals surface area contributed by atoms with Gasteiger partial charge in [0.25, 0.3) is 0 Å². The number of aryl methyl sites for hydroxylation is 1. The van der Waals surface area contributed by atoms with E-state index in [-0.39, 0.29) is 0 Å². The van der Waals surface area contributed by atoms with Crippen LogP contribution in [0.4, 0.5) is 5.95 Å². The Morgan fingerprint density at radius 2 is 1.88 bits per heavy atom. The van der Waals surface area contributed by atoms with Crippen molar-refractivity contribution in [3.05, 3.63) is 71.4 Å². The van der Waals surface area contributed by atoms with E-state index in [0.717, 1.165) is 59.9 Å². The minimum absolute atomic E-state index is 0.551.